The average Bonchev–Trinajstić information content (AvgIpc) is 2.97. The second-order valence-corrected chi connectivity index (χ2v) is 6.03. The number of hydrogen-bond donors (Lipinski definition) is 2. The molecule has 3 aliphatic rings. The minimum atomic E-state index is 0.0939. The third-order valence-electron chi connectivity index (χ3n) is 5.19. The van der Waals surface area contributed by atoms with Crippen molar-refractivity contribution in [3.05, 3.63) is 12.2 Å². The van der Waals surface area contributed by atoms with Gasteiger partial charge in [-0.25, -0.2) is 0 Å². The highest BCUT2D eigenvalue weighted by atomic mass is 16.1. The van der Waals surface area contributed by atoms with Crippen LogP contribution < -0.4 is 11.1 Å². The van der Waals surface area contributed by atoms with Gasteiger partial charge in [-0.05, 0) is 54.9 Å². The molecule has 3 N–H and O–H groups in total. The van der Waals surface area contributed by atoms with E-state index < -0.39 is 0 Å². The van der Waals surface area contributed by atoms with Crippen molar-refractivity contribution in [2.45, 2.75) is 19.8 Å². The Balaban J connectivity index is 1.74. The van der Waals surface area contributed by atoms with Gasteiger partial charge >= 0.3 is 0 Å². The van der Waals surface area contributed by atoms with E-state index >= 15 is 0 Å². The molecule has 1 amide bonds. The molecule has 3 heteroatoms. The number of rotatable bonds is 3. The minimum absolute atomic E-state index is 0.0939. The van der Waals surface area contributed by atoms with Crippen LogP contribution in [0.4, 0.5) is 0 Å². The topological polar surface area (TPSA) is 55.1 Å². The highest BCUT2D eigenvalue weighted by molar-refractivity contribution is 5.72. The van der Waals surface area contributed by atoms with E-state index in [-0.39, 0.29) is 5.91 Å². The van der Waals surface area contributed by atoms with Crippen molar-refractivity contribution in [2.75, 3.05) is 13.1 Å². The van der Waals surface area contributed by atoms with E-state index in [1.807, 2.05) is 0 Å². The zero-order chi connectivity index (χ0) is 12.0. The second-order valence-electron chi connectivity index (χ2n) is 6.03. The molecule has 0 unspecified atom stereocenters. The van der Waals surface area contributed by atoms with Gasteiger partial charge in [0.15, 0.2) is 0 Å². The Morgan fingerprint density at radius 3 is 2.47 bits per heavy atom. The molecule has 2 bridgehead atoms. The lowest BCUT2D eigenvalue weighted by atomic mass is 9.79. The Hall–Kier alpha value is -0.830. The molecule has 0 radical (unpaired) electrons. The van der Waals surface area contributed by atoms with Crippen molar-refractivity contribution in [3.63, 3.8) is 0 Å². The van der Waals surface area contributed by atoms with Gasteiger partial charge in [-0.1, -0.05) is 12.2 Å². The Kier molecular flexibility index (Phi) is 2.74. The fraction of sp³-hybridized carbons (Fsp3) is 0.786. The van der Waals surface area contributed by atoms with Gasteiger partial charge in [-0.3, -0.25) is 4.79 Å². The van der Waals surface area contributed by atoms with Crippen LogP contribution in [0.15, 0.2) is 12.2 Å². The first-order valence-electron chi connectivity index (χ1n) is 6.83. The Labute approximate surface area is 103 Å². The SMILES string of the molecule is CC(=O)NC[C@H]1C[C@H](CN)[C@H]2[C@H]1[C@H]1C=C[C@@H]2C1. The summed E-state index contributed by atoms with van der Waals surface area (Å²) in [4.78, 5) is 11.1. The second kappa shape index (κ2) is 4.13. The van der Waals surface area contributed by atoms with Crippen molar-refractivity contribution in [1.82, 2.24) is 5.32 Å². The fourth-order valence-electron chi connectivity index (χ4n) is 4.68. The molecule has 0 aliphatic heterocycles. The van der Waals surface area contributed by atoms with E-state index in [0.29, 0.717) is 11.8 Å². The number of carbonyl (C=O) groups excluding carboxylic acids is 1. The predicted molar refractivity (Wildman–Crippen MR) is 67.1 cm³/mol. The van der Waals surface area contributed by atoms with Crippen LogP contribution in [-0.2, 0) is 4.79 Å². The van der Waals surface area contributed by atoms with Gasteiger partial charge in [-0.2, -0.15) is 0 Å². The normalized spacial score (nSPS) is 46.2. The summed E-state index contributed by atoms with van der Waals surface area (Å²) in [7, 11) is 0. The lowest BCUT2D eigenvalue weighted by Crippen LogP contribution is -2.31. The van der Waals surface area contributed by atoms with Gasteiger partial charge in [0.05, 0.1) is 0 Å². The van der Waals surface area contributed by atoms with Crippen molar-refractivity contribution < 1.29 is 4.79 Å². The molecule has 0 saturated heterocycles. The average molecular weight is 234 g/mol. The van der Waals surface area contributed by atoms with Gasteiger partial charge < -0.3 is 11.1 Å². The molecular formula is C14H22N2O. The van der Waals surface area contributed by atoms with E-state index in [9.17, 15) is 4.79 Å². The Bertz CT molecular complexity index is 352. The van der Waals surface area contributed by atoms with Crippen LogP contribution in [0.5, 0.6) is 0 Å². The fourth-order valence-corrected chi connectivity index (χ4v) is 4.68. The largest absolute Gasteiger partial charge is 0.356 e. The van der Waals surface area contributed by atoms with Gasteiger partial charge in [0.25, 0.3) is 0 Å². The first-order valence-corrected chi connectivity index (χ1v) is 6.83. The number of nitrogens with one attached hydrogen (secondary N) is 1. The molecule has 3 rings (SSSR count). The molecule has 0 aromatic heterocycles. The molecule has 3 aliphatic carbocycles. The van der Waals surface area contributed by atoms with E-state index in [1.54, 1.807) is 6.92 Å². The molecule has 17 heavy (non-hydrogen) atoms. The summed E-state index contributed by atoms with van der Waals surface area (Å²) < 4.78 is 0. The molecule has 0 heterocycles. The van der Waals surface area contributed by atoms with Gasteiger partial charge in [-0.15, -0.1) is 0 Å². The monoisotopic (exact) mass is 234 g/mol. The third kappa shape index (κ3) is 1.71. The molecule has 0 aromatic rings. The molecule has 0 aromatic carbocycles. The zero-order valence-corrected chi connectivity index (χ0v) is 10.4. The van der Waals surface area contributed by atoms with Crippen molar-refractivity contribution >= 4 is 5.91 Å². The van der Waals surface area contributed by atoms with Crippen LogP contribution >= 0.6 is 0 Å². The van der Waals surface area contributed by atoms with Crippen LogP contribution in [0, 0.1) is 35.5 Å². The van der Waals surface area contributed by atoms with E-state index in [2.05, 4.69) is 17.5 Å². The number of nitrogens with two attached hydrogens (primary N) is 1. The van der Waals surface area contributed by atoms with Crippen molar-refractivity contribution in [3.8, 4) is 0 Å². The summed E-state index contributed by atoms with van der Waals surface area (Å²) in [6.07, 6.45) is 7.37. The summed E-state index contributed by atoms with van der Waals surface area (Å²) in [6.45, 7) is 3.27. The van der Waals surface area contributed by atoms with E-state index in [4.69, 9.17) is 5.73 Å². The highest BCUT2D eigenvalue weighted by Gasteiger charge is 2.54. The quantitative estimate of drug-likeness (QED) is 0.720. The van der Waals surface area contributed by atoms with Gasteiger partial charge in [0.1, 0.15) is 0 Å². The first kappa shape index (κ1) is 11.3. The number of carbonyl (C=O) groups is 1. The van der Waals surface area contributed by atoms with Crippen molar-refractivity contribution in [2.24, 2.45) is 41.2 Å². The summed E-state index contributed by atoms with van der Waals surface area (Å²) in [5, 5.41) is 3.00. The summed E-state index contributed by atoms with van der Waals surface area (Å²) in [6, 6.07) is 0. The number of hydrogen-bond acceptors (Lipinski definition) is 2. The van der Waals surface area contributed by atoms with E-state index in [1.165, 1.54) is 12.8 Å². The molecule has 3 nitrogen and oxygen atoms in total. The molecule has 2 fully saturated rings. The van der Waals surface area contributed by atoms with Crippen LogP contribution in [-0.4, -0.2) is 19.0 Å². The maximum Gasteiger partial charge on any atom is 0.216 e. The standard InChI is InChI=1S/C14H22N2O/c1-8(17)16-7-12-5-11(6-15)13-9-2-3-10(4-9)14(12)13/h2-3,9-14H,4-7,15H2,1H3,(H,16,17)/t9-,10+,11-,12-,13+,14+/m1/s1. The molecule has 2 saturated carbocycles. The first-order chi connectivity index (χ1) is 8.20. The number of amides is 1. The smallest absolute Gasteiger partial charge is 0.216 e. The Morgan fingerprint density at radius 2 is 1.88 bits per heavy atom. The van der Waals surface area contributed by atoms with Gasteiger partial charge in [0.2, 0.25) is 5.91 Å². The Morgan fingerprint density at radius 1 is 1.24 bits per heavy atom. The third-order valence-corrected chi connectivity index (χ3v) is 5.19. The zero-order valence-electron chi connectivity index (χ0n) is 10.4. The van der Waals surface area contributed by atoms with Gasteiger partial charge in [0, 0.05) is 13.5 Å². The summed E-state index contributed by atoms with van der Waals surface area (Å²) in [5.41, 5.74) is 5.93. The highest BCUT2D eigenvalue weighted by Crippen LogP contribution is 2.59. The molecule has 94 valence electrons. The van der Waals surface area contributed by atoms with E-state index in [0.717, 1.165) is 36.8 Å². The number of allylic oxidation sites excluding steroid dienone is 2. The molecule has 6 atom stereocenters. The lowest BCUT2D eigenvalue weighted by Gasteiger charge is -2.27. The summed E-state index contributed by atoms with van der Waals surface area (Å²) in [5.74, 6) is 4.55. The number of fused-ring (bicyclic) bond motifs is 5. The minimum Gasteiger partial charge on any atom is -0.356 e. The van der Waals surface area contributed by atoms with Crippen LogP contribution in [0.2, 0.25) is 0 Å². The van der Waals surface area contributed by atoms with Crippen molar-refractivity contribution in [1.29, 1.82) is 0 Å². The van der Waals surface area contributed by atoms with Crippen LogP contribution in [0.25, 0.3) is 0 Å². The molecule has 0 spiro atoms. The maximum atomic E-state index is 11.1. The summed E-state index contributed by atoms with van der Waals surface area (Å²) >= 11 is 0. The lowest BCUT2D eigenvalue weighted by molar-refractivity contribution is -0.119. The van der Waals surface area contributed by atoms with Crippen LogP contribution in [0.1, 0.15) is 19.8 Å². The predicted octanol–water partition coefficient (Wildman–Crippen LogP) is 1.16. The van der Waals surface area contributed by atoms with Crippen LogP contribution in [0.3, 0.4) is 0 Å². The maximum absolute atomic E-state index is 11.1. The molecular weight excluding hydrogens is 212 g/mol.